The van der Waals surface area contributed by atoms with Crippen molar-refractivity contribution in [1.29, 1.82) is 0 Å². The minimum Gasteiger partial charge on any atom is -0.619 e. The SMILES string of the molecule is COc1ccc(S(=O)(=O)N2CCSC2C(=O)O[C@@H](Cc2c(Cl)c[n+]([O-])cc2Cl)c2ccc(OC(F)F)c(OCC3CC3)c2)cc1C(=O)N1CCN(C)CC1. The first-order valence-electron chi connectivity index (χ1n) is 17.0. The van der Waals surface area contributed by atoms with Gasteiger partial charge in [-0.25, -0.2) is 13.2 Å². The second kappa shape index (κ2) is 17.0. The molecule has 3 aromatic rings. The van der Waals surface area contributed by atoms with Gasteiger partial charge in [0.1, 0.15) is 21.9 Å². The molecular weight excluding hydrogens is 793 g/mol. The lowest BCUT2D eigenvalue weighted by Gasteiger charge is -2.32. The quantitative estimate of drug-likeness (QED) is 0.123. The molecule has 292 valence electrons. The van der Waals surface area contributed by atoms with Crippen molar-refractivity contribution in [2.24, 2.45) is 5.92 Å². The van der Waals surface area contributed by atoms with Crippen LogP contribution in [0.25, 0.3) is 0 Å². The van der Waals surface area contributed by atoms with E-state index < -0.39 is 34.1 Å². The average Bonchev–Trinajstić information content (AvgIpc) is 3.83. The molecule has 13 nitrogen and oxygen atoms in total. The molecular formula is C35H38Cl2F2N4O9S2. The molecule has 1 aliphatic carbocycles. The Balaban J connectivity index is 1.29. The van der Waals surface area contributed by atoms with E-state index in [9.17, 15) is 32.0 Å². The second-order valence-corrected chi connectivity index (χ2v) is 17.0. The van der Waals surface area contributed by atoms with Gasteiger partial charge in [0.2, 0.25) is 10.0 Å². The summed E-state index contributed by atoms with van der Waals surface area (Å²) in [5.74, 6) is -0.812. The summed E-state index contributed by atoms with van der Waals surface area (Å²) in [6.07, 6.45) is 2.62. The highest BCUT2D eigenvalue weighted by molar-refractivity contribution is 8.02. The third-order valence-corrected chi connectivity index (χ3v) is 13.1. The number of carbonyl (C=O) groups excluding carboxylic acids is 2. The Hall–Kier alpha value is -3.61. The second-order valence-electron chi connectivity index (χ2n) is 13.1. The third kappa shape index (κ3) is 9.25. The first-order valence-corrected chi connectivity index (χ1v) is 20.3. The number of aromatic nitrogens is 1. The Morgan fingerprint density at radius 1 is 1.00 bits per heavy atom. The predicted octanol–water partition coefficient (Wildman–Crippen LogP) is 5.00. The van der Waals surface area contributed by atoms with Crippen LogP contribution in [-0.2, 0) is 26.0 Å². The van der Waals surface area contributed by atoms with Crippen LogP contribution in [0.2, 0.25) is 10.0 Å². The van der Waals surface area contributed by atoms with Crippen LogP contribution in [0.3, 0.4) is 0 Å². The van der Waals surface area contributed by atoms with Crippen LogP contribution in [0.4, 0.5) is 8.78 Å². The van der Waals surface area contributed by atoms with Crippen molar-refractivity contribution in [1.82, 2.24) is 14.1 Å². The van der Waals surface area contributed by atoms with Gasteiger partial charge < -0.3 is 34.0 Å². The number of carbonyl (C=O) groups is 2. The Morgan fingerprint density at radius 2 is 1.69 bits per heavy atom. The average molecular weight is 832 g/mol. The highest BCUT2D eigenvalue weighted by Crippen LogP contribution is 2.39. The van der Waals surface area contributed by atoms with Crippen molar-refractivity contribution in [2.45, 2.75) is 42.2 Å². The minimum atomic E-state index is -4.37. The number of methoxy groups -OCH3 is 1. The van der Waals surface area contributed by atoms with E-state index >= 15 is 0 Å². The standard InChI is InChI=1S/C35H38Cl2F2N4O9S2/c1-40-9-11-41(12-10-40)32(44)25-16-23(6-8-28(25)49-2)54(47,48)43-13-14-53-33(43)34(45)51-30(17-24-26(36)18-42(46)19-27(24)37)22-5-7-29(52-35(38)39)31(15-22)50-20-21-3-4-21/h5-8,15-16,18-19,21,30,33,35H,3-4,9-14,17,20H2,1-2H3/t30-,33?/m0/s1. The normalized spacial score (nSPS) is 18.8. The molecule has 54 heavy (non-hydrogen) atoms. The molecule has 6 rings (SSSR count). The Labute approximate surface area is 325 Å². The molecule has 2 saturated heterocycles. The monoisotopic (exact) mass is 830 g/mol. The number of esters is 1. The number of amides is 1. The van der Waals surface area contributed by atoms with Gasteiger partial charge in [-0.2, -0.15) is 17.8 Å². The fraction of sp³-hybridized carbons (Fsp3) is 0.457. The number of pyridine rings is 1. The molecule has 0 bridgehead atoms. The summed E-state index contributed by atoms with van der Waals surface area (Å²) in [7, 11) is -1.04. The number of alkyl halides is 2. The van der Waals surface area contributed by atoms with Gasteiger partial charge in [0.05, 0.1) is 24.2 Å². The Kier molecular flexibility index (Phi) is 12.6. The molecule has 0 N–H and O–H groups in total. The zero-order chi connectivity index (χ0) is 38.7. The van der Waals surface area contributed by atoms with E-state index in [2.05, 4.69) is 9.64 Å². The van der Waals surface area contributed by atoms with E-state index in [1.54, 1.807) is 4.90 Å². The molecule has 0 spiro atoms. The van der Waals surface area contributed by atoms with Crippen LogP contribution >= 0.6 is 35.0 Å². The van der Waals surface area contributed by atoms with Gasteiger partial charge in [-0.15, -0.1) is 11.8 Å². The fourth-order valence-electron chi connectivity index (χ4n) is 6.08. The van der Waals surface area contributed by atoms with E-state index in [0.29, 0.717) is 30.9 Å². The number of sulfonamides is 1. The summed E-state index contributed by atoms with van der Waals surface area (Å²) in [5, 5.41) is 10.6. The lowest BCUT2D eigenvalue weighted by molar-refractivity contribution is -0.605. The van der Waals surface area contributed by atoms with Crippen LogP contribution in [0, 0.1) is 11.1 Å². The molecule has 1 amide bonds. The molecule has 3 heterocycles. The number of nitrogens with zero attached hydrogens (tertiary/aromatic N) is 4. The summed E-state index contributed by atoms with van der Waals surface area (Å²) in [6.45, 7) is -0.680. The number of likely N-dealkylation sites (N-methyl/N-ethyl adjacent to an activating group) is 1. The molecule has 1 saturated carbocycles. The molecule has 2 atom stereocenters. The fourth-order valence-corrected chi connectivity index (χ4v) is 9.75. The van der Waals surface area contributed by atoms with E-state index in [1.165, 1.54) is 43.5 Å². The van der Waals surface area contributed by atoms with E-state index in [1.807, 2.05) is 7.05 Å². The number of hydrogen-bond acceptors (Lipinski definition) is 11. The maximum absolute atomic E-state index is 14.2. The van der Waals surface area contributed by atoms with Crippen LogP contribution in [0.15, 0.2) is 53.7 Å². The zero-order valence-corrected chi connectivity index (χ0v) is 32.4. The van der Waals surface area contributed by atoms with Crippen molar-refractivity contribution in [3.8, 4) is 17.2 Å². The van der Waals surface area contributed by atoms with Gasteiger partial charge in [0.25, 0.3) is 5.91 Å². The molecule has 0 radical (unpaired) electrons. The van der Waals surface area contributed by atoms with E-state index in [0.717, 1.165) is 41.3 Å². The molecule has 3 fully saturated rings. The van der Waals surface area contributed by atoms with Crippen molar-refractivity contribution in [2.75, 3.05) is 59.2 Å². The van der Waals surface area contributed by atoms with Gasteiger partial charge in [-0.05, 0) is 61.7 Å². The first-order chi connectivity index (χ1) is 25.7. The maximum atomic E-state index is 14.2. The third-order valence-electron chi connectivity index (χ3n) is 9.28. The minimum absolute atomic E-state index is 0.00993. The molecule has 1 aromatic heterocycles. The van der Waals surface area contributed by atoms with Crippen molar-refractivity contribution >= 4 is 56.9 Å². The summed E-state index contributed by atoms with van der Waals surface area (Å²) in [5.41, 5.74) is 0.599. The van der Waals surface area contributed by atoms with Gasteiger partial charge in [-0.1, -0.05) is 29.3 Å². The van der Waals surface area contributed by atoms with Crippen molar-refractivity contribution in [3.63, 3.8) is 0 Å². The number of thioether (sulfide) groups is 1. The van der Waals surface area contributed by atoms with Gasteiger partial charge in [0, 0.05) is 50.5 Å². The van der Waals surface area contributed by atoms with Crippen LogP contribution in [0.5, 0.6) is 17.2 Å². The number of ether oxygens (including phenoxy) is 4. The maximum Gasteiger partial charge on any atom is 0.387 e. The predicted molar refractivity (Wildman–Crippen MR) is 196 cm³/mol. The molecule has 19 heteroatoms. The van der Waals surface area contributed by atoms with Gasteiger partial charge in [-0.3, -0.25) is 4.79 Å². The van der Waals surface area contributed by atoms with Crippen LogP contribution in [0.1, 0.15) is 40.4 Å². The highest BCUT2D eigenvalue weighted by Gasteiger charge is 2.43. The number of halogens is 4. The summed E-state index contributed by atoms with van der Waals surface area (Å²) < 4.78 is 78.3. The lowest BCUT2D eigenvalue weighted by atomic mass is 10.0. The van der Waals surface area contributed by atoms with Crippen molar-refractivity contribution in [3.05, 3.63) is 80.7 Å². The largest absolute Gasteiger partial charge is 0.619 e. The van der Waals surface area contributed by atoms with E-state index in [4.69, 9.17) is 37.4 Å². The van der Waals surface area contributed by atoms with Gasteiger partial charge >= 0.3 is 12.6 Å². The first kappa shape index (κ1) is 40.1. The topological polar surface area (TPSA) is 142 Å². The summed E-state index contributed by atoms with van der Waals surface area (Å²) in [4.78, 5) is 31.1. The molecule has 2 aliphatic heterocycles. The molecule has 3 aliphatic rings. The number of hydrogen-bond donors (Lipinski definition) is 0. The molecule has 1 unspecified atom stereocenters. The number of benzene rings is 2. The summed E-state index contributed by atoms with van der Waals surface area (Å²) >= 11 is 13.8. The lowest BCUT2D eigenvalue weighted by Crippen LogP contribution is -2.47. The number of piperazine rings is 1. The smallest absolute Gasteiger partial charge is 0.387 e. The zero-order valence-electron chi connectivity index (χ0n) is 29.3. The number of rotatable bonds is 14. The Morgan fingerprint density at radius 3 is 2.33 bits per heavy atom. The molecule has 2 aromatic carbocycles. The summed E-state index contributed by atoms with van der Waals surface area (Å²) in [6, 6.07) is 8.06. The van der Waals surface area contributed by atoms with Gasteiger partial charge in [0.15, 0.2) is 29.3 Å². The van der Waals surface area contributed by atoms with Crippen molar-refractivity contribution < 1.29 is 50.5 Å². The van der Waals surface area contributed by atoms with Crippen LogP contribution in [-0.4, -0.2) is 106 Å². The highest BCUT2D eigenvalue weighted by atomic mass is 35.5. The van der Waals surface area contributed by atoms with E-state index in [-0.39, 0.29) is 86.0 Å². The Bertz CT molecular complexity index is 1960. The van der Waals surface area contributed by atoms with Crippen LogP contribution < -0.4 is 18.9 Å².